The Bertz CT molecular complexity index is 659. The van der Waals surface area contributed by atoms with Crippen molar-refractivity contribution in [2.75, 3.05) is 32.7 Å². The molecular formula is C18H28N2O7S. The molecule has 158 valence electrons. The van der Waals surface area contributed by atoms with Crippen LogP contribution in [0, 0.1) is 5.41 Å². The first kappa shape index (κ1) is 22.7. The van der Waals surface area contributed by atoms with Crippen molar-refractivity contribution < 1.29 is 33.3 Å². The van der Waals surface area contributed by atoms with Crippen LogP contribution in [-0.4, -0.2) is 73.1 Å². The first-order valence-electron chi connectivity index (χ1n) is 8.99. The lowest BCUT2D eigenvalue weighted by molar-refractivity contribution is -0.190. The Labute approximate surface area is 168 Å². The zero-order valence-corrected chi connectivity index (χ0v) is 17.7. The second-order valence-electron chi connectivity index (χ2n) is 7.56. The molecule has 1 saturated heterocycles. The van der Waals surface area contributed by atoms with Crippen LogP contribution in [0.4, 0.5) is 0 Å². The number of nitrogens with zero attached hydrogens (tertiary/aromatic N) is 1. The normalized spacial score (nSPS) is 23.1. The Kier molecular flexibility index (Phi) is 7.49. The van der Waals surface area contributed by atoms with Gasteiger partial charge in [0.1, 0.15) is 17.1 Å². The topological polar surface area (TPSA) is 117 Å². The van der Waals surface area contributed by atoms with E-state index in [0.29, 0.717) is 24.5 Å². The minimum absolute atomic E-state index is 0.117. The first-order valence-corrected chi connectivity index (χ1v) is 10.0. The average molecular weight is 416 g/mol. The molecule has 3 atom stereocenters. The number of esters is 2. The van der Waals surface area contributed by atoms with E-state index in [0.717, 1.165) is 0 Å². The number of ether oxygens (including phenoxy) is 4. The number of methoxy groups -OCH3 is 1. The van der Waals surface area contributed by atoms with E-state index < -0.39 is 29.7 Å². The summed E-state index contributed by atoms with van der Waals surface area (Å²) >= 11 is 1.47. The van der Waals surface area contributed by atoms with Crippen molar-refractivity contribution in [1.82, 2.24) is 4.90 Å². The van der Waals surface area contributed by atoms with Crippen LogP contribution in [0.3, 0.4) is 0 Å². The molecule has 0 aromatic carbocycles. The van der Waals surface area contributed by atoms with Gasteiger partial charge in [0.05, 0.1) is 25.2 Å². The van der Waals surface area contributed by atoms with E-state index in [9.17, 15) is 14.4 Å². The summed E-state index contributed by atoms with van der Waals surface area (Å²) < 4.78 is 20.9. The van der Waals surface area contributed by atoms with Gasteiger partial charge in [-0.1, -0.05) is 0 Å². The Hall–Kier alpha value is -1.62. The van der Waals surface area contributed by atoms with Gasteiger partial charge in [0, 0.05) is 19.8 Å². The van der Waals surface area contributed by atoms with Gasteiger partial charge in [-0.25, -0.2) is 4.79 Å². The molecule has 0 aromatic rings. The van der Waals surface area contributed by atoms with Crippen molar-refractivity contribution in [3.63, 3.8) is 0 Å². The molecule has 9 nitrogen and oxygen atoms in total. The second kappa shape index (κ2) is 9.25. The number of amides is 1. The zero-order chi connectivity index (χ0) is 21.1. The maximum atomic E-state index is 12.8. The standard InChI is InChI=1S/C18H28N2O7S/c1-10(27-17(23)18(2,3)4)26-16(22)13-11(8-25-7-6-24-5)9-28-15-12(19)14(21)20(13)15/h10,12,15H,6-9,19H2,1-5H3/t10?,12?,15-/m1/s1. The number of carbonyl (C=O) groups is 3. The van der Waals surface area contributed by atoms with Gasteiger partial charge in [0.15, 0.2) is 0 Å². The molecule has 10 heteroatoms. The summed E-state index contributed by atoms with van der Waals surface area (Å²) in [7, 11) is 1.56. The molecule has 2 N–H and O–H groups in total. The molecule has 2 heterocycles. The highest BCUT2D eigenvalue weighted by Gasteiger charge is 2.52. The van der Waals surface area contributed by atoms with E-state index in [1.807, 2.05) is 0 Å². The Morgan fingerprint density at radius 2 is 1.96 bits per heavy atom. The highest BCUT2D eigenvalue weighted by atomic mass is 32.2. The van der Waals surface area contributed by atoms with Gasteiger partial charge < -0.3 is 24.7 Å². The summed E-state index contributed by atoms with van der Waals surface area (Å²) in [6, 6.07) is -0.653. The fraction of sp³-hybridized carbons (Fsp3) is 0.722. The first-order chi connectivity index (χ1) is 13.1. The molecule has 28 heavy (non-hydrogen) atoms. The highest BCUT2D eigenvalue weighted by Crippen LogP contribution is 2.40. The summed E-state index contributed by atoms with van der Waals surface area (Å²) in [5.41, 5.74) is 5.85. The second-order valence-corrected chi connectivity index (χ2v) is 8.67. The van der Waals surface area contributed by atoms with E-state index in [2.05, 4.69) is 0 Å². The molecular weight excluding hydrogens is 388 g/mol. The number of hydrogen-bond donors (Lipinski definition) is 1. The largest absolute Gasteiger partial charge is 0.425 e. The van der Waals surface area contributed by atoms with Crippen molar-refractivity contribution in [3.05, 3.63) is 11.3 Å². The average Bonchev–Trinajstić information content (AvgIpc) is 2.62. The highest BCUT2D eigenvalue weighted by molar-refractivity contribution is 8.00. The van der Waals surface area contributed by atoms with E-state index in [-0.39, 0.29) is 23.6 Å². The van der Waals surface area contributed by atoms with Crippen molar-refractivity contribution >= 4 is 29.6 Å². The lowest BCUT2D eigenvalue weighted by Gasteiger charge is -2.48. The van der Waals surface area contributed by atoms with Gasteiger partial charge in [-0.2, -0.15) is 0 Å². The maximum Gasteiger partial charge on any atom is 0.358 e. The third-order valence-corrected chi connectivity index (χ3v) is 5.51. The van der Waals surface area contributed by atoms with Crippen LogP contribution in [0.5, 0.6) is 0 Å². The third-order valence-electron chi connectivity index (χ3n) is 4.15. The summed E-state index contributed by atoms with van der Waals surface area (Å²) in [6.07, 6.45) is -1.10. The molecule has 0 aromatic heterocycles. The monoisotopic (exact) mass is 416 g/mol. The minimum atomic E-state index is -1.10. The SMILES string of the molecule is COCCOCC1=C(C(=O)OC(C)OC(=O)C(C)(C)C)N2C(=O)C(N)[C@H]2SC1. The maximum absolute atomic E-state index is 12.8. The van der Waals surface area contributed by atoms with Gasteiger partial charge in [-0.15, -0.1) is 11.8 Å². The third kappa shape index (κ3) is 5.05. The smallest absolute Gasteiger partial charge is 0.358 e. The Balaban J connectivity index is 2.12. The van der Waals surface area contributed by atoms with E-state index in [1.165, 1.54) is 23.6 Å². The van der Waals surface area contributed by atoms with Gasteiger partial charge in [0.25, 0.3) is 0 Å². The van der Waals surface area contributed by atoms with E-state index >= 15 is 0 Å². The van der Waals surface area contributed by atoms with Crippen LogP contribution in [0.15, 0.2) is 11.3 Å². The van der Waals surface area contributed by atoms with Gasteiger partial charge >= 0.3 is 11.9 Å². The number of fused-ring (bicyclic) bond motifs is 1. The zero-order valence-electron chi connectivity index (χ0n) is 16.9. The molecule has 2 aliphatic rings. The van der Waals surface area contributed by atoms with Crippen LogP contribution < -0.4 is 5.73 Å². The fourth-order valence-corrected chi connectivity index (χ4v) is 3.85. The summed E-state index contributed by atoms with van der Waals surface area (Å²) in [5.74, 6) is -1.11. The molecule has 0 bridgehead atoms. The van der Waals surface area contributed by atoms with Crippen molar-refractivity contribution in [2.45, 2.75) is 45.4 Å². The number of thioether (sulfide) groups is 1. The number of hydrogen-bond acceptors (Lipinski definition) is 9. The number of carbonyl (C=O) groups excluding carboxylic acids is 3. The molecule has 0 saturated carbocycles. The van der Waals surface area contributed by atoms with Gasteiger partial charge in [-0.05, 0) is 26.3 Å². The van der Waals surface area contributed by atoms with Gasteiger partial charge in [0.2, 0.25) is 12.2 Å². The molecule has 0 radical (unpaired) electrons. The molecule has 2 aliphatic heterocycles. The van der Waals surface area contributed by atoms with Crippen LogP contribution in [0.1, 0.15) is 27.7 Å². The minimum Gasteiger partial charge on any atom is -0.425 e. The van der Waals surface area contributed by atoms with Crippen molar-refractivity contribution in [3.8, 4) is 0 Å². The van der Waals surface area contributed by atoms with Crippen molar-refractivity contribution in [2.24, 2.45) is 11.1 Å². The molecule has 1 amide bonds. The van der Waals surface area contributed by atoms with E-state index in [1.54, 1.807) is 27.9 Å². The van der Waals surface area contributed by atoms with Crippen LogP contribution in [0.2, 0.25) is 0 Å². The summed E-state index contributed by atoms with van der Waals surface area (Å²) in [6.45, 7) is 7.47. The molecule has 0 aliphatic carbocycles. The molecule has 1 fully saturated rings. The Morgan fingerprint density at radius 3 is 2.57 bits per heavy atom. The number of rotatable bonds is 8. The van der Waals surface area contributed by atoms with Crippen LogP contribution in [0.25, 0.3) is 0 Å². The fourth-order valence-electron chi connectivity index (χ4n) is 2.58. The predicted molar refractivity (Wildman–Crippen MR) is 102 cm³/mol. The number of β-lactam (4-membered cyclic amide) rings is 1. The van der Waals surface area contributed by atoms with Crippen LogP contribution in [-0.2, 0) is 33.3 Å². The lowest BCUT2D eigenvalue weighted by atomic mass is 9.97. The summed E-state index contributed by atoms with van der Waals surface area (Å²) in [4.78, 5) is 38.3. The molecule has 0 spiro atoms. The van der Waals surface area contributed by atoms with Crippen molar-refractivity contribution in [1.29, 1.82) is 0 Å². The Morgan fingerprint density at radius 1 is 1.29 bits per heavy atom. The lowest BCUT2D eigenvalue weighted by Crippen LogP contribution is -2.68. The molecule has 2 rings (SSSR count). The van der Waals surface area contributed by atoms with Gasteiger partial charge in [-0.3, -0.25) is 14.5 Å². The summed E-state index contributed by atoms with van der Waals surface area (Å²) in [5, 5.41) is -0.315. The van der Waals surface area contributed by atoms with Crippen LogP contribution >= 0.6 is 11.8 Å². The number of nitrogens with two attached hydrogens (primary N) is 1. The molecule has 2 unspecified atom stereocenters. The quantitative estimate of drug-likeness (QED) is 0.263. The van der Waals surface area contributed by atoms with E-state index in [4.69, 9.17) is 24.7 Å². The predicted octanol–water partition coefficient (Wildman–Crippen LogP) is 0.624.